The molecule has 2 aliphatic rings. The third kappa shape index (κ3) is 11.8. The third-order valence-electron chi connectivity index (χ3n) is 8.82. The van der Waals surface area contributed by atoms with Crippen molar-refractivity contribution < 1.29 is 51.8 Å². The topological polar surface area (TPSA) is 192 Å². The van der Waals surface area contributed by atoms with E-state index in [9.17, 15) is 38.2 Å². The molecule has 290 valence electrons. The van der Waals surface area contributed by atoms with Crippen molar-refractivity contribution in [2.24, 2.45) is 0 Å². The Balaban J connectivity index is 1.04. The number of phosphoric acid groups is 2. The molecular formula is C37H45N3O11P2S. The molecule has 0 aromatic heterocycles. The van der Waals surface area contributed by atoms with Gasteiger partial charge in [-0.15, -0.1) is 0 Å². The summed E-state index contributed by atoms with van der Waals surface area (Å²) in [5, 5.41) is 2.87. The molecule has 0 aliphatic carbocycles. The Kier molecular flexibility index (Phi) is 14.6. The lowest BCUT2D eigenvalue weighted by molar-refractivity contribution is -0.138. The van der Waals surface area contributed by atoms with E-state index >= 15 is 0 Å². The number of carbonyl (C=O) groups excluding carboxylic acids is 3. The Morgan fingerprint density at radius 1 is 0.796 bits per heavy atom. The first-order chi connectivity index (χ1) is 25.8. The minimum absolute atomic E-state index is 0.00250. The second kappa shape index (κ2) is 19.1. The molecule has 14 nitrogen and oxygen atoms in total. The van der Waals surface area contributed by atoms with Gasteiger partial charge in [0.25, 0.3) is 0 Å². The second-order valence-electron chi connectivity index (χ2n) is 12.8. The van der Waals surface area contributed by atoms with E-state index in [-0.39, 0.29) is 35.2 Å². The zero-order chi connectivity index (χ0) is 38.7. The Morgan fingerprint density at radius 3 is 2.02 bits per heavy atom. The van der Waals surface area contributed by atoms with Crippen LogP contribution in [-0.4, -0.2) is 64.0 Å². The number of phosphoric ester groups is 2. The van der Waals surface area contributed by atoms with Gasteiger partial charge in [-0.1, -0.05) is 67.4 Å². The largest absolute Gasteiger partial charge is 0.527 e. The van der Waals surface area contributed by atoms with E-state index in [1.54, 1.807) is 12.1 Å². The Bertz CT molecular complexity index is 1870. The average Bonchev–Trinajstić information content (AvgIpc) is 3.45. The number of amides is 3. The van der Waals surface area contributed by atoms with Crippen LogP contribution in [0.4, 0.5) is 11.4 Å². The molecule has 5 rings (SSSR count). The summed E-state index contributed by atoms with van der Waals surface area (Å²) in [6, 6.07) is 21.0. The van der Waals surface area contributed by atoms with Crippen LogP contribution in [0.3, 0.4) is 0 Å². The van der Waals surface area contributed by atoms with Gasteiger partial charge >= 0.3 is 15.6 Å². The monoisotopic (exact) mass is 801 g/mol. The van der Waals surface area contributed by atoms with Crippen molar-refractivity contribution in [2.45, 2.75) is 69.1 Å². The van der Waals surface area contributed by atoms with Gasteiger partial charge in [-0.05, 0) is 62.1 Å². The average molecular weight is 802 g/mol. The number of unbranched alkanes of at least 4 members (excludes halogenated alkanes) is 5. The fraction of sp³-hybridized carbons (Fsp3) is 0.378. The van der Waals surface area contributed by atoms with Crippen LogP contribution in [0.5, 0.6) is 5.75 Å². The van der Waals surface area contributed by atoms with E-state index in [1.807, 2.05) is 60.5 Å². The van der Waals surface area contributed by atoms with Crippen LogP contribution >= 0.6 is 27.4 Å². The summed E-state index contributed by atoms with van der Waals surface area (Å²) < 4.78 is 40.5. The first-order valence-corrected chi connectivity index (χ1v) is 21.6. The van der Waals surface area contributed by atoms with Gasteiger partial charge < -0.3 is 19.3 Å². The number of likely N-dealkylation sites (tertiary alicyclic amines) is 1. The zero-order valence-electron chi connectivity index (χ0n) is 29.9. The summed E-state index contributed by atoms with van der Waals surface area (Å²) in [5.74, 6) is -0.211. The maximum Gasteiger partial charge on any atom is 0.527 e. The molecule has 3 aromatic rings. The maximum absolute atomic E-state index is 12.6. The number of anilines is 2. The molecule has 1 saturated heterocycles. The molecule has 1 atom stereocenters. The van der Waals surface area contributed by atoms with Crippen molar-refractivity contribution in [3.05, 3.63) is 89.0 Å². The van der Waals surface area contributed by atoms with Crippen LogP contribution < -0.4 is 14.7 Å². The van der Waals surface area contributed by atoms with Crippen LogP contribution in [0.25, 0.3) is 5.57 Å². The summed E-state index contributed by atoms with van der Waals surface area (Å²) in [5.41, 5.74) is 3.64. The summed E-state index contributed by atoms with van der Waals surface area (Å²) >= 11 is 0.998. The summed E-state index contributed by atoms with van der Waals surface area (Å²) in [6.07, 6.45) is 5.86. The first-order valence-electron chi connectivity index (χ1n) is 17.8. The third-order valence-corrected chi connectivity index (χ3v) is 11.3. The highest BCUT2D eigenvalue weighted by Crippen LogP contribution is 2.53. The van der Waals surface area contributed by atoms with E-state index in [2.05, 4.69) is 5.32 Å². The van der Waals surface area contributed by atoms with Gasteiger partial charge in [0.2, 0.25) is 17.7 Å². The predicted octanol–water partition coefficient (Wildman–Crippen LogP) is 7.27. The number of hydrogen-bond donors (Lipinski definition) is 4. The van der Waals surface area contributed by atoms with E-state index < -0.39 is 15.6 Å². The van der Waals surface area contributed by atoms with Crippen molar-refractivity contribution in [3.63, 3.8) is 0 Å². The molecule has 0 radical (unpaired) electrons. The highest BCUT2D eigenvalue weighted by molar-refractivity contribution is 8.03. The normalized spacial score (nSPS) is 15.1. The van der Waals surface area contributed by atoms with E-state index in [0.717, 1.165) is 59.9 Å². The van der Waals surface area contributed by atoms with E-state index in [0.29, 0.717) is 62.1 Å². The highest BCUT2D eigenvalue weighted by Gasteiger charge is 2.31. The van der Waals surface area contributed by atoms with Gasteiger partial charge in [0.05, 0.1) is 6.61 Å². The van der Waals surface area contributed by atoms with Crippen molar-refractivity contribution in [1.82, 2.24) is 10.2 Å². The number of para-hydroxylation sites is 2. The molecule has 3 aromatic carbocycles. The number of nitrogens with one attached hydrogen (secondary N) is 1. The van der Waals surface area contributed by atoms with Crippen LogP contribution in [-0.2, 0) is 32.6 Å². The number of imide groups is 1. The molecule has 17 heteroatoms. The fourth-order valence-electron chi connectivity index (χ4n) is 6.19. The Morgan fingerprint density at radius 2 is 1.39 bits per heavy atom. The van der Waals surface area contributed by atoms with Gasteiger partial charge in [-0.3, -0.25) is 38.5 Å². The van der Waals surface area contributed by atoms with Crippen LogP contribution in [0.1, 0.15) is 75.3 Å². The number of nitrogens with zero attached hydrogens (tertiary/aromatic N) is 2. The van der Waals surface area contributed by atoms with Crippen LogP contribution in [0.15, 0.2) is 82.8 Å². The second-order valence-corrected chi connectivity index (χ2v) is 16.4. The van der Waals surface area contributed by atoms with Crippen molar-refractivity contribution in [2.75, 3.05) is 31.6 Å². The van der Waals surface area contributed by atoms with Gasteiger partial charge in [-0.25, -0.2) is 9.13 Å². The van der Waals surface area contributed by atoms with E-state index in [4.69, 9.17) is 13.6 Å². The SMILES string of the molecule is CN1c2ccccc2C(=C(OP(=O)(O)O)Sc2ccc(OP(=O)(O)OCCCCCCNC(=O)CCCCCN3C(=O)CCC3=O)cc2)c2ccccc21. The summed E-state index contributed by atoms with van der Waals surface area (Å²) in [6.45, 7) is 0.936. The molecule has 3 amide bonds. The molecular weight excluding hydrogens is 756 g/mol. The lowest BCUT2D eigenvalue weighted by Gasteiger charge is -2.32. The fourth-order valence-corrected chi connectivity index (χ4v) is 8.55. The maximum atomic E-state index is 12.6. The molecule has 1 unspecified atom stereocenters. The lowest BCUT2D eigenvalue weighted by atomic mass is 9.91. The zero-order valence-corrected chi connectivity index (χ0v) is 32.5. The highest BCUT2D eigenvalue weighted by atomic mass is 32.2. The molecule has 4 N–H and O–H groups in total. The molecule has 0 bridgehead atoms. The quantitative estimate of drug-likeness (QED) is 0.0294. The van der Waals surface area contributed by atoms with Crippen molar-refractivity contribution in [1.29, 1.82) is 0 Å². The molecule has 1 fully saturated rings. The molecule has 0 spiro atoms. The first kappa shape index (κ1) is 41.2. The number of carbonyl (C=O) groups is 3. The van der Waals surface area contributed by atoms with Crippen LogP contribution in [0.2, 0.25) is 0 Å². The predicted molar refractivity (Wildman–Crippen MR) is 205 cm³/mol. The Labute approximate surface area is 318 Å². The standard InChI is InChI=1S/C37H45N3O11P2S/c1-39-31-15-8-6-13-29(31)36(30-14-7-9-16-32(30)39)37(51-52(44,45)46)54-28-20-18-27(19-21-28)50-53(47,48)49-26-12-3-2-10-24-38-33(41)17-5-4-11-25-40-34(42)22-23-35(40)43/h6-9,13-16,18-21H,2-5,10-12,17,22-26H2,1H3,(H,38,41)(H,47,48)(H2,44,45,46). The molecule has 54 heavy (non-hydrogen) atoms. The number of hydrogen-bond acceptors (Lipinski definition) is 10. The number of thioether (sulfide) groups is 1. The number of benzene rings is 3. The van der Waals surface area contributed by atoms with E-state index in [1.165, 1.54) is 17.0 Å². The Hall–Kier alpha value is -3.94. The number of rotatable bonds is 20. The molecule has 0 saturated carbocycles. The minimum Gasteiger partial charge on any atom is -0.404 e. The van der Waals surface area contributed by atoms with Crippen LogP contribution in [0, 0.1) is 0 Å². The summed E-state index contributed by atoms with van der Waals surface area (Å²) in [7, 11) is -7.49. The van der Waals surface area contributed by atoms with Gasteiger partial charge in [0, 0.05) is 72.4 Å². The molecule has 2 aliphatic heterocycles. The van der Waals surface area contributed by atoms with Gasteiger partial charge in [0.15, 0.2) is 5.09 Å². The summed E-state index contributed by atoms with van der Waals surface area (Å²) in [4.78, 5) is 69.2. The van der Waals surface area contributed by atoms with Crippen molar-refractivity contribution in [3.8, 4) is 5.75 Å². The van der Waals surface area contributed by atoms with Gasteiger partial charge in [0.1, 0.15) is 5.75 Å². The number of fused-ring (bicyclic) bond motifs is 2. The van der Waals surface area contributed by atoms with Crippen molar-refractivity contribution >= 4 is 62.1 Å². The lowest BCUT2D eigenvalue weighted by Crippen LogP contribution is -2.30. The smallest absolute Gasteiger partial charge is 0.404 e. The minimum atomic E-state index is -4.98. The van der Waals surface area contributed by atoms with Gasteiger partial charge in [-0.2, -0.15) is 0 Å². The molecule has 2 heterocycles.